The summed E-state index contributed by atoms with van der Waals surface area (Å²) in [5.41, 5.74) is 6.57. The Morgan fingerprint density at radius 1 is 0.613 bits per heavy atom. The fourth-order valence-electron chi connectivity index (χ4n) is 2.93. The van der Waals surface area contributed by atoms with E-state index in [9.17, 15) is 0 Å². The molecule has 2 rings (SSSR count). The molecule has 7 heteroatoms. The summed E-state index contributed by atoms with van der Waals surface area (Å²) < 4.78 is 0. The van der Waals surface area contributed by atoms with Gasteiger partial charge < -0.3 is 0 Å². The average molecular weight is 538 g/mol. The summed E-state index contributed by atoms with van der Waals surface area (Å²) >= 11 is -3.11. The van der Waals surface area contributed by atoms with E-state index in [2.05, 4.69) is 77.9 Å². The summed E-state index contributed by atoms with van der Waals surface area (Å²) in [6.45, 7) is 17.4. The van der Waals surface area contributed by atoms with E-state index >= 15 is 0 Å². The number of benzene rings is 2. The van der Waals surface area contributed by atoms with Gasteiger partial charge in [0.25, 0.3) is 0 Å². The molecule has 31 heavy (non-hydrogen) atoms. The van der Waals surface area contributed by atoms with E-state index in [4.69, 9.17) is 47.2 Å². The molecule has 2 aromatic rings. The van der Waals surface area contributed by atoms with Crippen molar-refractivity contribution < 1.29 is 12.3 Å². The minimum absolute atomic E-state index is 0.0598. The Labute approximate surface area is 206 Å². The summed E-state index contributed by atoms with van der Waals surface area (Å²) in [5, 5.41) is 0. The van der Waals surface area contributed by atoms with E-state index in [1.165, 1.54) is 11.1 Å². The molecule has 2 aromatic carbocycles. The van der Waals surface area contributed by atoms with Crippen molar-refractivity contribution in [3.05, 3.63) is 59.7 Å². The minimum atomic E-state index is -3.11. The van der Waals surface area contributed by atoms with Crippen LogP contribution in [0.15, 0.2) is 58.5 Å². The summed E-state index contributed by atoms with van der Waals surface area (Å²) in [5.74, 6) is 0. The number of nitrogens with zero attached hydrogens (tertiary/aromatic N) is 2. The van der Waals surface area contributed by atoms with Gasteiger partial charge in [0.15, 0.2) is 0 Å². The fraction of sp³-hybridized carbons (Fsp3) is 0.417. The summed E-state index contributed by atoms with van der Waals surface area (Å²) in [7, 11) is 20.1. The molecule has 0 aliphatic rings. The van der Waals surface area contributed by atoms with Crippen LogP contribution in [0.2, 0.25) is 0 Å². The number of para-hydroxylation sites is 2. The summed E-state index contributed by atoms with van der Waals surface area (Å²) in [4.78, 5) is 9.80. The fourth-order valence-corrected chi connectivity index (χ4v) is 2.93. The SMILES string of the molecule is CC(=Nc1ccccc1C(C)(C)C)C(C)=Nc1ccccc1C(C)(C)C.[Cl][Ti]([Cl])([Cl])[Cl]. The molecule has 170 valence electrons. The first-order valence-corrected chi connectivity index (χ1v) is 18.6. The van der Waals surface area contributed by atoms with Crippen molar-refractivity contribution in [1.82, 2.24) is 0 Å². The number of hydrogen-bond donors (Lipinski definition) is 0. The van der Waals surface area contributed by atoms with Gasteiger partial charge in [0.2, 0.25) is 0 Å². The number of rotatable bonds is 3. The molecule has 0 atom stereocenters. The Morgan fingerprint density at radius 3 is 1.13 bits per heavy atom. The van der Waals surface area contributed by atoms with Crippen LogP contribution < -0.4 is 0 Å². The molecule has 0 N–H and O–H groups in total. The van der Waals surface area contributed by atoms with Crippen molar-refractivity contribution in [3.8, 4) is 0 Å². The van der Waals surface area contributed by atoms with Crippen LogP contribution in [-0.2, 0) is 23.2 Å². The van der Waals surface area contributed by atoms with Crippen molar-refractivity contribution in [2.75, 3.05) is 0 Å². The molecule has 0 bridgehead atoms. The Hall–Kier alpha value is -0.346. The second-order valence-electron chi connectivity index (χ2n) is 9.36. The predicted molar refractivity (Wildman–Crippen MR) is 139 cm³/mol. The maximum absolute atomic E-state index is 5.01. The predicted octanol–water partition coefficient (Wildman–Crippen LogP) is 9.92. The van der Waals surface area contributed by atoms with Crippen LogP contribution in [-0.4, -0.2) is 11.4 Å². The molecular formula is C24H32Cl4N2Ti. The molecule has 0 fully saturated rings. The summed E-state index contributed by atoms with van der Waals surface area (Å²) in [6, 6.07) is 16.7. The third-order valence-corrected chi connectivity index (χ3v) is 4.52. The topological polar surface area (TPSA) is 24.7 Å². The van der Waals surface area contributed by atoms with Crippen LogP contribution in [0.5, 0.6) is 0 Å². The number of aliphatic imine (C=N–C) groups is 2. The van der Waals surface area contributed by atoms with E-state index in [1.807, 2.05) is 26.0 Å². The molecule has 0 unspecified atom stereocenters. The van der Waals surface area contributed by atoms with Crippen LogP contribution in [0.25, 0.3) is 0 Å². The van der Waals surface area contributed by atoms with Gasteiger partial charge in [0.1, 0.15) is 0 Å². The zero-order chi connectivity index (χ0) is 24.0. The molecule has 0 aliphatic heterocycles. The van der Waals surface area contributed by atoms with Crippen molar-refractivity contribution in [1.29, 1.82) is 0 Å². The van der Waals surface area contributed by atoms with E-state index in [0.29, 0.717) is 0 Å². The first-order valence-electron chi connectivity index (χ1n) is 10.1. The first-order chi connectivity index (χ1) is 14.0. The first kappa shape index (κ1) is 28.7. The third-order valence-electron chi connectivity index (χ3n) is 4.52. The van der Waals surface area contributed by atoms with Gasteiger partial charge in [-0.25, -0.2) is 0 Å². The molecule has 0 amide bonds. The van der Waals surface area contributed by atoms with Gasteiger partial charge in [-0.05, 0) is 47.9 Å². The molecule has 0 saturated carbocycles. The third kappa shape index (κ3) is 10.9. The Bertz CT molecular complexity index is 856. The van der Waals surface area contributed by atoms with E-state index in [-0.39, 0.29) is 10.8 Å². The van der Waals surface area contributed by atoms with Gasteiger partial charge in [0.05, 0.1) is 22.8 Å². The van der Waals surface area contributed by atoms with Crippen LogP contribution in [0.4, 0.5) is 11.4 Å². The van der Waals surface area contributed by atoms with Gasteiger partial charge >= 0.3 is 49.6 Å². The monoisotopic (exact) mass is 536 g/mol. The Morgan fingerprint density at radius 2 is 0.871 bits per heavy atom. The molecule has 0 aromatic heterocycles. The van der Waals surface area contributed by atoms with Gasteiger partial charge in [-0.3, -0.25) is 9.98 Å². The molecule has 0 spiro atoms. The second kappa shape index (κ2) is 11.7. The zero-order valence-corrected chi connectivity index (χ0v) is 24.1. The van der Waals surface area contributed by atoms with Crippen molar-refractivity contribution in [2.24, 2.45) is 9.98 Å². The van der Waals surface area contributed by atoms with E-state index < -0.39 is 12.3 Å². The van der Waals surface area contributed by atoms with Crippen LogP contribution >= 0.6 is 37.2 Å². The second-order valence-corrected chi connectivity index (χ2v) is 24.8. The van der Waals surface area contributed by atoms with E-state index in [0.717, 1.165) is 22.8 Å². The number of hydrogen-bond acceptors (Lipinski definition) is 2. The van der Waals surface area contributed by atoms with Crippen molar-refractivity contribution >= 4 is 60.0 Å². The molecule has 0 heterocycles. The van der Waals surface area contributed by atoms with Gasteiger partial charge in [-0.15, -0.1) is 0 Å². The maximum atomic E-state index is 5.01. The molecule has 0 saturated heterocycles. The zero-order valence-electron chi connectivity index (χ0n) is 19.5. The van der Waals surface area contributed by atoms with Crippen molar-refractivity contribution in [2.45, 2.75) is 66.2 Å². The van der Waals surface area contributed by atoms with Crippen LogP contribution in [0.3, 0.4) is 0 Å². The van der Waals surface area contributed by atoms with Crippen molar-refractivity contribution in [3.63, 3.8) is 0 Å². The van der Waals surface area contributed by atoms with Gasteiger partial charge in [0, 0.05) is 0 Å². The molecule has 0 radical (unpaired) electrons. The van der Waals surface area contributed by atoms with Crippen LogP contribution in [0, 0.1) is 0 Å². The van der Waals surface area contributed by atoms with E-state index in [1.54, 1.807) is 0 Å². The average Bonchev–Trinajstić information content (AvgIpc) is 2.59. The van der Waals surface area contributed by atoms with Gasteiger partial charge in [-0.2, -0.15) is 0 Å². The molecular weight excluding hydrogens is 506 g/mol. The summed E-state index contributed by atoms with van der Waals surface area (Å²) in [6.07, 6.45) is 0. The standard InChI is InChI=1S/C24H32N2.4ClH.Ti/c1-17(25-21-15-11-9-13-19(21)23(3,4)5)18(2)26-22-16-12-10-14-20(22)24(6,7)8;;;;;/h9-16H,1-8H3;4*1H;/q;;;;;+4/p-4. The molecule has 2 nitrogen and oxygen atoms in total. The Kier molecular flexibility index (Phi) is 10.8. The normalized spacial score (nSPS) is 13.5. The van der Waals surface area contributed by atoms with Crippen LogP contribution in [0.1, 0.15) is 66.5 Å². The number of halogens is 4. The Balaban J connectivity index is 0.000000861. The van der Waals surface area contributed by atoms with Gasteiger partial charge in [-0.1, -0.05) is 77.9 Å². The molecule has 0 aliphatic carbocycles. The quantitative estimate of drug-likeness (QED) is 0.275.